The first-order valence-corrected chi connectivity index (χ1v) is 5.88. The van der Waals surface area contributed by atoms with E-state index >= 15 is 0 Å². The van der Waals surface area contributed by atoms with E-state index in [-0.39, 0.29) is 6.61 Å². The Morgan fingerprint density at radius 3 is 2.87 bits per heavy atom. The normalized spacial score (nSPS) is 17.5. The molecule has 1 unspecified atom stereocenters. The van der Waals surface area contributed by atoms with Crippen LogP contribution < -0.4 is 0 Å². The van der Waals surface area contributed by atoms with Crippen LogP contribution in [0.1, 0.15) is 37.0 Å². The third kappa shape index (κ3) is 2.07. The van der Waals surface area contributed by atoms with E-state index in [0.717, 1.165) is 25.2 Å². The van der Waals surface area contributed by atoms with Crippen LogP contribution in [0.4, 0.5) is 0 Å². The molecule has 0 aliphatic heterocycles. The smallest absolute Gasteiger partial charge is 0.106 e. The van der Waals surface area contributed by atoms with Gasteiger partial charge in [-0.2, -0.15) is 0 Å². The van der Waals surface area contributed by atoms with Gasteiger partial charge in [-0.25, -0.2) is 4.98 Å². The number of nitrogens with zero attached hydrogens (tertiary/aromatic N) is 2. The predicted molar refractivity (Wildman–Crippen MR) is 59.9 cm³/mol. The highest BCUT2D eigenvalue weighted by atomic mass is 16.3. The van der Waals surface area contributed by atoms with Crippen LogP contribution in [0.5, 0.6) is 0 Å². The molecule has 1 aliphatic carbocycles. The van der Waals surface area contributed by atoms with Crippen molar-refractivity contribution in [1.82, 2.24) is 9.55 Å². The summed E-state index contributed by atoms with van der Waals surface area (Å²) in [7, 11) is 0. The molecule has 1 aromatic rings. The molecule has 1 heterocycles. The minimum atomic E-state index is 0.256. The molecule has 0 bridgehead atoms. The molecule has 3 nitrogen and oxygen atoms in total. The van der Waals surface area contributed by atoms with E-state index in [4.69, 9.17) is 5.11 Å². The highest BCUT2D eigenvalue weighted by Crippen LogP contribution is 2.22. The van der Waals surface area contributed by atoms with Gasteiger partial charge in [0.2, 0.25) is 0 Å². The van der Waals surface area contributed by atoms with Crippen LogP contribution in [0.2, 0.25) is 0 Å². The Balaban J connectivity index is 2.25. The van der Waals surface area contributed by atoms with E-state index < -0.39 is 0 Å². The molecule has 0 radical (unpaired) electrons. The fourth-order valence-corrected chi connectivity index (χ4v) is 2.35. The van der Waals surface area contributed by atoms with Gasteiger partial charge in [0.05, 0.1) is 5.69 Å². The Labute approximate surface area is 91.1 Å². The standard InChI is InChI=1S/C12H20N2O/c1-9(8-15)7-14-10(2)13-11-5-3-4-6-12(11)14/h9,15H,3-8H2,1-2H3. The summed E-state index contributed by atoms with van der Waals surface area (Å²) in [6.07, 6.45) is 4.86. The number of hydrogen-bond acceptors (Lipinski definition) is 2. The SMILES string of the molecule is Cc1nc2c(n1CC(C)CO)CCCC2. The molecule has 2 rings (SSSR count). The van der Waals surface area contributed by atoms with Crippen LogP contribution >= 0.6 is 0 Å². The van der Waals surface area contributed by atoms with Gasteiger partial charge in [0.25, 0.3) is 0 Å². The van der Waals surface area contributed by atoms with E-state index in [1.54, 1.807) is 0 Å². The number of fused-ring (bicyclic) bond motifs is 1. The second-order valence-corrected chi connectivity index (χ2v) is 4.66. The molecule has 84 valence electrons. The van der Waals surface area contributed by atoms with Gasteiger partial charge >= 0.3 is 0 Å². The molecule has 0 aromatic carbocycles. The minimum absolute atomic E-state index is 0.256. The lowest BCUT2D eigenvalue weighted by Crippen LogP contribution is -2.16. The first-order valence-electron chi connectivity index (χ1n) is 5.88. The topological polar surface area (TPSA) is 38.0 Å². The van der Waals surface area contributed by atoms with Crippen molar-refractivity contribution in [2.24, 2.45) is 5.92 Å². The van der Waals surface area contributed by atoms with Crippen molar-refractivity contribution in [2.45, 2.75) is 46.1 Å². The molecule has 15 heavy (non-hydrogen) atoms. The summed E-state index contributed by atoms with van der Waals surface area (Å²) in [5, 5.41) is 9.09. The van der Waals surface area contributed by atoms with Crippen LogP contribution in [0.15, 0.2) is 0 Å². The summed E-state index contributed by atoms with van der Waals surface area (Å²) >= 11 is 0. The number of aliphatic hydroxyl groups excluding tert-OH is 1. The number of hydrogen-bond donors (Lipinski definition) is 1. The van der Waals surface area contributed by atoms with Crippen molar-refractivity contribution in [3.63, 3.8) is 0 Å². The molecule has 0 fully saturated rings. The van der Waals surface area contributed by atoms with E-state index in [0.29, 0.717) is 5.92 Å². The second kappa shape index (κ2) is 4.35. The van der Waals surface area contributed by atoms with Crippen molar-refractivity contribution in [3.8, 4) is 0 Å². The highest BCUT2D eigenvalue weighted by Gasteiger charge is 2.18. The molecule has 1 aromatic heterocycles. The van der Waals surface area contributed by atoms with Gasteiger partial charge in [-0.3, -0.25) is 0 Å². The van der Waals surface area contributed by atoms with Gasteiger partial charge in [-0.15, -0.1) is 0 Å². The molecule has 3 heteroatoms. The van der Waals surface area contributed by atoms with Gasteiger partial charge in [-0.1, -0.05) is 6.92 Å². The molecule has 1 atom stereocenters. The lowest BCUT2D eigenvalue weighted by Gasteiger charge is -2.17. The fraction of sp³-hybridized carbons (Fsp3) is 0.750. The zero-order valence-electron chi connectivity index (χ0n) is 9.66. The van der Waals surface area contributed by atoms with Crippen molar-refractivity contribution < 1.29 is 5.11 Å². The Kier molecular flexibility index (Phi) is 3.10. The molecule has 1 N–H and O–H groups in total. The molecular weight excluding hydrogens is 188 g/mol. The number of rotatable bonds is 3. The third-order valence-corrected chi connectivity index (χ3v) is 3.23. The number of imidazole rings is 1. The first kappa shape index (κ1) is 10.7. The second-order valence-electron chi connectivity index (χ2n) is 4.66. The van der Waals surface area contributed by atoms with Crippen molar-refractivity contribution >= 4 is 0 Å². The van der Waals surface area contributed by atoms with Crippen LogP contribution in [0.3, 0.4) is 0 Å². The summed E-state index contributed by atoms with van der Waals surface area (Å²) in [5.74, 6) is 1.44. The minimum Gasteiger partial charge on any atom is -0.396 e. The van der Waals surface area contributed by atoms with Gasteiger partial charge < -0.3 is 9.67 Å². The molecule has 0 amide bonds. The monoisotopic (exact) mass is 208 g/mol. The van der Waals surface area contributed by atoms with Gasteiger partial charge in [0.1, 0.15) is 5.82 Å². The lowest BCUT2D eigenvalue weighted by molar-refractivity contribution is 0.221. The highest BCUT2D eigenvalue weighted by molar-refractivity contribution is 5.19. The Morgan fingerprint density at radius 2 is 2.13 bits per heavy atom. The van der Waals surface area contributed by atoms with Crippen molar-refractivity contribution in [2.75, 3.05) is 6.61 Å². The van der Waals surface area contributed by atoms with E-state index in [1.807, 2.05) is 0 Å². The van der Waals surface area contributed by atoms with Crippen molar-refractivity contribution in [3.05, 3.63) is 17.2 Å². The Morgan fingerprint density at radius 1 is 1.40 bits per heavy atom. The maximum absolute atomic E-state index is 9.09. The van der Waals surface area contributed by atoms with Crippen LogP contribution in [-0.4, -0.2) is 21.3 Å². The maximum Gasteiger partial charge on any atom is 0.106 e. The quantitative estimate of drug-likeness (QED) is 0.821. The zero-order chi connectivity index (χ0) is 10.8. The van der Waals surface area contributed by atoms with Crippen LogP contribution in [-0.2, 0) is 19.4 Å². The molecule has 1 aliphatic rings. The lowest BCUT2D eigenvalue weighted by atomic mass is 10.0. The summed E-state index contributed by atoms with van der Waals surface area (Å²) in [6, 6.07) is 0. The first-order chi connectivity index (χ1) is 7.22. The summed E-state index contributed by atoms with van der Waals surface area (Å²) < 4.78 is 2.30. The van der Waals surface area contributed by atoms with Gasteiger partial charge in [0, 0.05) is 18.8 Å². The average Bonchev–Trinajstić information content (AvgIpc) is 2.55. The molecule has 0 saturated carbocycles. The van der Waals surface area contributed by atoms with E-state index in [2.05, 4.69) is 23.4 Å². The fourth-order valence-electron chi connectivity index (χ4n) is 2.35. The van der Waals surface area contributed by atoms with Gasteiger partial charge in [-0.05, 0) is 38.5 Å². The maximum atomic E-state index is 9.09. The largest absolute Gasteiger partial charge is 0.396 e. The average molecular weight is 208 g/mol. The van der Waals surface area contributed by atoms with E-state index in [9.17, 15) is 0 Å². The Hall–Kier alpha value is -0.830. The van der Waals surface area contributed by atoms with Crippen LogP contribution in [0, 0.1) is 12.8 Å². The number of aliphatic hydroxyl groups is 1. The summed E-state index contributed by atoms with van der Waals surface area (Å²) in [6.45, 7) is 5.31. The zero-order valence-corrected chi connectivity index (χ0v) is 9.66. The summed E-state index contributed by atoms with van der Waals surface area (Å²) in [4.78, 5) is 4.62. The molecule has 0 spiro atoms. The molecular formula is C12H20N2O. The molecule has 0 saturated heterocycles. The van der Waals surface area contributed by atoms with E-state index in [1.165, 1.54) is 24.2 Å². The third-order valence-electron chi connectivity index (χ3n) is 3.23. The van der Waals surface area contributed by atoms with Crippen LogP contribution in [0.25, 0.3) is 0 Å². The van der Waals surface area contributed by atoms with Crippen molar-refractivity contribution in [1.29, 1.82) is 0 Å². The van der Waals surface area contributed by atoms with Gasteiger partial charge in [0.15, 0.2) is 0 Å². The number of aromatic nitrogens is 2. The number of aryl methyl sites for hydroxylation is 2. The predicted octanol–water partition coefficient (Wildman–Crippen LogP) is 1.70. The Bertz CT molecular complexity index is 344. The summed E-state index contributed by atoms with van der Waals surface area (Å²) in [5.41, 5.74) is 2.71.